The van der Waals surface area contributed by atoms with E-state index in [0.29, 0.717) is 43.6 Å². The Bertz CT molecular complexity index is 477. The highest BCUT2D eigenvalue weighted by Gasteiger charge is 2.24. The van der Waals surface area contributed by atoms with Crippen LogP contribution in [-0.2, 0) is 19.1 Å². The van der Waals surface area contributed by atoms with Crippen LogP contribution in [0.3, 0.4) is 0 Å². The van der Waals surface area contributed by atoms with Crippen LogP contribution in [0.15, 0.2) is 0 Å². The molecule has 0 aromatic rings. The molecule has 0 aliphatic rings. The van der Waals surface area contributed by atoms with Gasteiger partial charge in [-0.1, -0.05) is 0 Å². The van der Waals surface area contributed by atoms with E-state index in [4.69, 9.17) is 9.47 Å². The highest BCUT2D eigenvalue weighted by atomic mass is 127. The first-order chi connectivity index (χ1) is 14.0. The summed E-state index contributed by atoms with van der Waals surface area (Å²) in [6.07, 6.45) is 0.758. The van der Waals surface area contributed by atoms with Crippen molar-refractivity contribution >= 4 is 11.9 Å². The molecule has 7 nitrogen and oxygen atoms in total. The van der Waals surface area contributed by atoms with Crippen molar-refractivity contribution in [3.05, 3.63) is 0 Å². The third kappa shape index (κ3) is 18.0. The molecule has 0 atom stereocenters. The van der Waals surface area contributed by atoms with E-state index in [-0.39, 0.29) is 83.9 Å². The van der Waals surface area contributed by atoms with Crippen LogP contribution in [0.2, 0.25) is 0 Å². The normalized spacial score (nSPS) is 11.5. The molecular formula is C23H50I3N3O4. The number of esters is 2. The van der Waals surface area contributed by atoms with Crippen LogP contribution in [-0.4, -0.2) is 119 Å². The second-order valence-corrected chi connectivity index (χ2v) is 9.28. The van der Waals surface area contributed by atoms with Gasteiger partial charge in [-0.2, -0.15) is 0 Å². The maximum Gasteiger partial charge on any atom is 0.311 e. The van der Waals surface area contributed by atoms with Gasteiger partial charge in [0.15, 0.2) is 0 Å². The standard InChI is InChI=1S/C23H50N3O4.3HI/c1-9-24(6,10-2)18-20-29-22(27)14-16-26(8,13-5)17-15-23(28)30-21-19-25(7,11-3)12-4;;;/h9-21H2,1-8H3;3*1H/q+3;;;/p-3. The molecule has 0 spiro atoms. The van der Waals surface area contributed by atoms with Gasteiger partial charge in [-0.15, -0.1) is 0 Å². The van der Waals surface area contributed by atoms with Crippen molar-refractivity contribution in [1.29, 1.82) is 0 Å². The number of quaternary nitrogens is 3. The summed E-state index contributed by atoms with van der Waals surface area (Å²) in [5, 5.41) is 0. The largest absolute Gasteiger partial charge is 1.00 e. The predicted octanol–water partition coefficient (Wildman–Crippen LogP) is -6.70. The van der Waals surface area contributed by atoms with Gasteiger partial charge < -0.3 is 94.9 Å². The fourth-order valence-corrected chi connectivity index (χ4v) is 3.13. The van der Waals surface area contributed by atoms with Crippen molar-refractivity contribution < 1.29 is 104 Å². The predicted molar refractivity (Wildman–Crippen MR) is 122 cm³/mol. The van der Waals surface area contributed by atoms with E-state index >= 15 is 0 Å². The quantitative estimate of drug-likeness (QED) is 0.0835. The molecule has 0 bridgehead atoms. The van der Waals surface area contributed by atoms with Crippen LogP contribution in [0, 0.1) is 0 Å². The molecule has 0 aromatic carbocycles. The first-order valence-corrected chi connectivity index (χ1v) is 11.8. The Labute approximate surface area is 255 Å². The molecule has 0 N–H and O–H groups in total. The fourth-order valence-electron chi connectivity index (χ4n) is 3.13. The topological polar surface area (TPSA) is 52.6 Å². The average molecular weight is 813 g/mol. The summed E-state index contributed by atoms with van der Waals surface area (Å²) in [5.41, 5.74) is 0. The van der Waals surface area contributed by atoms with Crippen LogP contribution in [0.4, 0.5) is 0 Å². The van der Waals surface area contributed by atoms with Crippen LogP contribution < -0.4 is 71.9 Å². The molecule has 0 aliphatic carbocycles. The number of hydrogen-bond donors (Lipinski definition) is 0. The van der Waals surface area contributed by atoms with Gasteiger partial charge in [-0.3, -0.25) is 9.59 Å². The number of carbonyl (C=O) groups excluding carboxylic acids is 2. The Morgan fingerprint density at radius 1 is 0.515 bits per heavy atom. The first-order valence-electron chi connectivity index (χ1n) is 11.8. The summed E-state index contributed by atoms with van der Waals surface area (Å²) in [4.78, 5) is 24.3. The van der Waals surface area contributed by atoms with E-state index in [1.807, 2.05) is 0 Å². The number of hydrogen-bond acceptors (Lipinski definition) is 4. The van der Waals surface area contributed by atoms with Crippen molar-refractivity contribution in [2.45, 2.75) is 47.5 Å². The van der Waals surface area contributed by atoms with Gasteiger partial charge in [0.05, 0.1) is 79.8 Å². The molecule has 10 heteroatoms. The van der Waals surface area contributed by atoms with Gasteiger partial charge >= 0.3 is 11.9 Å². The number of carbonyl (C=O) groups is 2. The minimum absolute atomic E-state index is 0. The van der Waals surface area contributed by atoms with Crippen molar-refractivity contribution in [1.82, 2.24) is 0 Å². The van der Waals surface area contributed by atoms with Crippen LogP contribution in [0.1, 0.15) is 47.5 Å². The second-order valence-electron chi connectivity index (χ2n) is 9.28. The minimum Gasteiger partial charge on any atom is -1.00 e. The van der Waals surface area contributed by atoms with Crippen molar-refractivity contribution in [2.75, 3.05) is 93.3 Å². The maximum atomic E-state index is 12.2. The number of rotatable bonds is 17. The third-order valence-corrected chi connectivity index (χ3v) is 7.32. The van der Waals surface area contributed by atoms with E-state index in [0.717, 1.165) is 54.8 Å². The molecule has 0 heterocycles. The molecule has 0 aliphatic heterocycles. The van der Waals surface area contributed by atoms with Crippen molar-refractivity contribution in [3.8, 4) is 0 Å². The molecule has 0 fully saturated rings. The van der Waals surface area contributed by atoms with Gasteiger partial charge in [0.1, 0.15) is 26.3 Å². The Kier molecular flexibility index (Phi) is 26.3. The van der Waals surface area contributed by atoms with Gasteiger partial charge in [0, 0.05) is 0 Å². The third-order valence-electron chi connectivity index (χ3n) is 7.32. The molecule has 0 radical (unpaired) electrons. The maximum absolute atomic E-state index is 12.2. The Morgan fingerprint density at radius 2 is 0.788 bits per heavy atom. The SMILES string of the molecule is CC[N+](C)(CC)CCOC(=O)CC[N+](C)(CC)CCC(=O)OCC[N+](C)(CC)CC.[I-].[I-].[I-]. The lowest BCUT2D eigenvalue weighted by Crippen LogP contribution is -3.00. The summed E-state index contributed by atoms with van der Waals surface area (Å²) in [6, 6.07) is 0. The average Bonchev–Trinajstić information content (AvgIpc) is 2.76. The van der Waals surface area contributed by atoms with E-state index < -0.39 is 0 Å². The number of halogens is 3. The zero-order valence-electron chi connectivity index (χ0n) is 22.3. The Balaban J connectivity index is -0.00000140. The molecule has 0 rings (SSSR count). The van der Waals surface area contributed by atoms with E-state index in [1.54, 1.807) is 0 Å². The zero-order chi connectivity index (χ0) is 23.3. The number of nitrogens with zero attached hydrogens (tertiary/aromatic N) is 3. The lowest BCUT2D eigenvalue weighted by Gasteiger charge is -2.33. The fraction of sp³-hybridized carbons (Fsp3) is 0.913. The van der Waals surface area contributed by atoms with Crippen LogP contribution >= 0.6 is 0 Å². The lowest BCUT2D eigenvalue weighted by atomic mass is 10.2. The lowest BCUT2D eigenvalue weighted by molar-refractivity contribution is -0.907. The summed E-state index contributed by atoms with van der Waals surface area (Å²) in [6.45, 7) is 19.7. The highest BCUT2D eigenvalue weighted by molar-refractivity contribution is 5.70. The summed E-state index contributed by atoms with van der Waals surface area (Å²) in [5.74, 6) is -0.296. The van der Waals surface area contributed by atoms with Gasteiger partial charge in [-0.05, 0) is 34.6 Å². The zero-order valence-corrected chi connectivity index (χ0v) is 28.8. The van der Waals surface area contributed by atoms with E-state index in [1.165, 1.54) is 0 Å². The molecule has 202 valence electrons. The van der Waals surface area contributed by atoms with Gasteiger partial charge in [0.2, 0.25) is 0 Å². The van der Waals surface area contributed by atoms with Gasteiger partial charge in [-0.25, -0.2) is 0 Å². The second kappa shape index (κ2) is 21.1. The highest BCUT2D eigenvalue weighted by Crippen LogP contribution is 2.08. The smallest absolute Gasteiger partial charge is 0.311 e. The molecule has 0 unspecified atom stereocenters. The van der Waals surface area contributed by atoms with Crippen molar-refractivity contribution in [2.24, 2.45) is 0 Å². The Morgan fingerprint density at radius 3 is 1.03 bits per heavy atom. The minimum atomic E-state index is -0.148. The van der Waals surface area contributed by atoms with Crippen LogP contribution in [0.25, 0.3) is 0 Å². The summed E-state index contributed by atoms with van der Waals surface area (Å²) >= 11 is 0. The van der Waals surface area contributed by atoms with Crippen molar-refractivity contribution in [3.63, 3.8) is 0 Å². The summed E-state index contributed by atoms with van der Waals surface area (Å²) < 4.78 is 13.4. The molecule has 0 saturated carbocycles. The monoisotopic (exact) mass is 813 g/mol. The molecule has 0 amide bonds. The molecule has 0 aromatic heterocycles. The Hall–Kier alpha value is 1.01. The van der Waals surface area contributed by atoms with E-state index in [2.05, 4.69) is 55.8 Å². The first kappa shape index (κ1) is 41.1. The number of likely N-dealkylation sites (N-methyl/N-ethyl adjacent to an activating group) is 2. The van der Waals surface area contributed by atoms with Gasteiger partial charge in [0.25, 0.3) is 0 Å². The number of ether oxygens (including phenoxy) is 2. The van der Waals surface area contributed by atoms with E-state index in [9.17, 15) is 9.59 Å². The molecular weight excluding hydrogens is 763 g/mol. The summed E-state index contributed by atoms with van der Waals surface area (Å²) in [7, 11) is 6.45. The van der Waals surface area contributed by atoms with Crippen LogP contribution in [0.5, 0.6) is 0 Å². The molecule has 0 saturated heterocycles. The molecule has 33 heavy (non-hydrogen) atoms.